The molecular formula is C33H39F4N5. The molecule has 0 radical (unpaired) electrons. The number of imidazole rings is 1. The molecule has 42 heavy (non-hydrogen) atoms. The Labute approximate surface area is 245 Å². The average molecular weight is 582 g/mol. The van der Waals surface area contributed by atoms with Crippen molar-refractivity contribution in [1.82, 2.24) is 9.55 Å². The van der Waals surface area contributed by atoms with Gasteiger partial charge in [-0.15, -0.1) is 0 Å². The molecule has 1 aliphatic rings. The summed E-state index contributed by atoms with van der Waals surface area (Å²) < 4.78 is 52.2. The zero-order valence-electron chi connectivity index (χ0n) is 24.2. The molecule has 5 nitrogen and oxygen atoms in total. The molecule has 3 aromatic carbocycles. The lowest BCUT2D eigenvalue weighted by atomic mass is 9.97. The molecule has 1 aliphatic heterocycles. The Bertz CT molecular complexity index is 1540. The van der Waals surface area contributed by atoms with Crippen molar-refractivity contribution in [3.8, 4) is 0 Å². The van der Waals surface area contributed by atoms with Gasteiger partial charge in [0.25, 0.3) is 0 Å². The minimum Gasteiger partial charge on any atom is -0.382 e. The van der Waals surface area contributed by atoms with Crippen molar-refractivity contribution in [1.29, 1.82) is 5.41 Å². The Morgan fingerprint density at radius 1 is 1.07 bits per heavy atom. The summed E-state index contributed by atoms with van der Waals surface area (Å²) in [5.41, 5.74) is 5.80. The molecule has 1 atom stereocenters. The highest BCUT2D eigenvalue weighted by Gasteiger charge is 2.25. The molecule has 0 saturated carbocycles. The maximum absolute atomic E-state index is 14.5. The van der Waals surface area contributed by atoms with E-state index in [1.165, 1.54) is 12.1 Å². The summed E-state index contributed by atoms with van der Waals surface area (Å²) in [6.07, 6.45) is -1.73. The topological polar surface area (TPSA) is 56.9 Å². The van der Waals surface area contributed by atoms with Crippen LogP contribution >= 0.6 is 0 Å². The number of fused-ring (bicyclic) bond motifs is 1. The molecule has 2 N–H and O–H groups in total. The van der Waals surface area contributed by atoms with Gasteiger partial charge in [0.15, 0.2) is 6.30 Å². The fourth-order valence-corrected chi connectivity index (χ4v) is 5.16. The number of nitrogens with zero attached hydrogens (tertiary/aromatic N) is 3. The standard InChI is InChI=1S/C28H29F2N5.C5H8F2.H2/c1-18-16-23(10-11-24(18)27(31)20-6-5-7-21(30)17-20)32-22-12-14-34(15-13-22)28-33-25-8-3-4-9-26(25)35(28)19(2)29;1-4(2)3-5(6)7;/h3-11,16-17,19,22,31-32H,12-15H2,1-2H3;5H,1,3H2,2H3;1H. The number of hydrogen-bond acceptors (Lipinski definition) is 4. The third kappa shape index (κ3) is 7.57. The largest absolute Gasteiger partial charge is 0.382 e. The van der Waals surface area contributed by atoms with Crippen molar-refractivity contribution >= 4 is 28.4 Å². The summed E-state index contributed by atoms with van der Waals surface area (Å²) in [6, 6.07) is 20.1. The lowest BCUT2D eigenvalue weighted by Crippen LogP contribution is -2.40. The molecule has 1 fully saturated rings. The van der Waals surface area contributed by atoms with Gasteiger partial charge in [-0.2, -0.15) is 0 Å². The number of anilines is 2. The van der Waals surface area contributed by atoms with Crippen LogP contribution in [-0.4, -0.2) is 40.8 Å². The van der Waals surface area contributed by atoms with Crippen LogP contribution in [0.3, 0.4) is 0 Å². The maximum Gasteiger partial charge on any atom is 0.242 e. The first-order valence-corrected chi connectivity index (χ1v) is 14.0. The second-order valence-corrected chi connectivity index (χ2v) is 10.7. The molecule has 224 valence electrons. The fourth-order valence-electron chi connectivity index (χ4n) is 5.16. The van der Waals surface area contributed by atoms with E-state index in [1.54, 1.807) is 30.5 Å². The number of benzene rings is 3. The molecule has 2 heterocycles. The van der Waals surface area contributed by atoms with E-state index in [9.17, 15) is 17.6 Å². The van der Waals surface area contributed by atoms with Crippen LogP contribution in [0.25, 0.3) is 11.0 Å². The fraction of sp³-hybridized carbons (Fsp3) is 0.333. The molecule has 0 amide bonds. The molecule has 1 unspecified atom stereocenters. The summed E-state index contributed by atoms with van der Waals surface area (Å²) in [4.78, 5) is 6.89. The Morgan fingerprint density at radius 3 is 2.38 bits per heavy atom. The van der Waals surface area contributed by atoms with Gasteiger partial charge in [-0.3, -0.25) is 9.98 Å². The van der Waals surface area contributed by atoms with Gasteiger partial charge in [0.1, 0.15) is 5.82 Å². The second kappa shape index (κ2) is 13.7. The van der Waals surface area contributed by atoms with Gasteiger partial charge >= 0.3 is 0 Å². The van der Waals surface area contributed by atoms with Crippen molar-refractivity contribution < 1.29 is 19.0 Å². The van der Waals surface area contributed by atoms with Crippen LogP contribution in [0.4, 0.5) is 29.2 Å². The van der Waals surface area contributed by atoms with E-state index < -0.39 is 12.7 Å². The molecule has 0 aliphatic carbocycles. The summed E-state index contributed by atoms with van der Waals surface area (Å²) in [7, 11) is 0. The Kier molecular flexibility index (Phi) is 10.0. The van der Waals surface area contributed by atoms with Gasteiger partial charge in [-0.1, -0.05) is 42.5 Å². The number of hydrogen-bond donors (Lipinski definition) is 2. The van der Waals surface area contributed by atoms with Crippen molar-refractivity contribution in [2.75, 3.05) is 23.3 Å². The van der Waals surface area contributed by atoms with Crippen LogP contribution in [0.5, 0.6) is 0 Å². The first-order valence-electron chi connectivity index (χ1n) is 14.0. The van der Waals surface area contributed by atoms with Gasteiger partial charge in [-0.05, 0) is 75.6 Å². The van der Waals surface area contributed by atoms with Gasteiger partial charge in [0, 0.05) is 43.8 Å². The first kappa shape index (κ1) is 30.8. The average Bonchev–Trinajstić information content (AvgIpc) is 3.33. The van der Waals surface area contributed by atoms with E-state index in [0.29, 0.717) is 28.8 Å². The van der Waals surface area contributed by atoms with E-state index >= 15 is 0 Å². The summed E-state index contributed by atoms with van der Waals surface area (Å²) in [5.74, 6) is 0.349. The number of alkyl halides is 3. The van der Waals surface area contributed by atoms with Gasteiger partial charge in [-0.25, -0.2) is 22.5 Å². The predicted molar refractivity (Wildman–Crippen MR) is 165 cm³/mol. The molecule has 0 bridgehead atoms. The quantitative estimate of drug-likeness (QED) is 0.124. The summed E-state index contributed by atoms with van der Waals surface area (Å²) in [6.45, 7) is 10.00. The van der Waals surface area contributed by atoms with E-state index in [2.05, 4.69) is 16.8 Å². The van der Waals surface area contributed by atoms with Crippen LogP contribution in [0.1, 0.15) is 57.5 Å². The number of halogens is 4. The molecule has 1 aromatic heterocycles. The van der Waals surface area contributed by atoms with E-state index in [0.717, 1.165) is 53.8 Å². The summed E-state index contributed by atoms with van der Waals surface area (Å²) in [5, 5.41) is 12.1. The van der Waals surface area contributed by atoms with Crippen LogP contribution in [-0.2, 0) is 0 Å². The lowest BCUT2D eigenvalue weighted by molar-refractivity contribution is 0.149. The number of allylic oxidation sites excluding steroid dienone is 1. The second-order valence-electron chi connectivity index (χ2n) is 10.7. The van der Waals surface area contributed by atoms with Gasteiger partial charge in [0.05, 0.1) is 16.7 Å². The molecular weight excluding hydrogens is 542 g/mol. The smallest absolute Gasteiger partial charge is 0.242 e. The van der Waals surface area contributed by atoms with E-state index in [-0.39, 0.29) is 13.7 Å². The minimum absolute atomic E-state index is 0. The van der Waals surface area contributed by atoms with Gasteiger partial charge in [0.2, 0.25) is 12.4 Å². The first-order chi connectivity index (χ1) is 20.0. The molecule has 4 aromatic rings. The van der Waals surface area contributed by atoms with Gasteiger partial charge < -0.3 is 10.2 Å². The number of aromatic nitrogens is 2. The molecule has 0 spiro atoms. The normalized spacial score (nSPS) is 14.4. The SMILES string of the molecule is C=C(C)CC(F)F.Cc1cc(NC2CCN(c3nc4ccccc4n3C(C)F)CC2)ccc1C(=N)c1cccc(F)c1.[HH]. The van der Waals surface area contributed by atoms with E-state index in [4.69, 9.17) is 10.4 Å². The monoisotopic (exact) mass is 581 g/mol. The Balaban J connectivity index is 0.000000567. The van der Waals surface area contributed by atoms with Crippen molar-refractivity contribution in [2.24, 2.45) is 0 Å². The summed E-state index contributed by atoms with van der Waals surface area (Å²) >= 11 is 0. The highest BCUT2D eigenvalue weighted by atomic mass is 19.3. The van der Waals surface area contributed by atoms with Crippen molar-refractivity contribution in [3.63, 3.8) is 0 Å². The van der Waals surface area contributed by atoms with Crippen LogP contribution in [0, 0.1) is 18.2 Å². The number of rotatable bonds is 8. The highest BCUT2D eigenvalue weighted by molar-refractivity contribution is 6.11. The Hall–Kier alpha value is -4.14. The maximum atomic E-state index is 14.5. The van der Waals surface area contributed by atoms with E-state index in [1.807, 2.05) is 49.4 Å². The number of nitrogens with one attached hydrogen (secondary N) is 2. The zero-order chi connectivity index (χ0) is 30.4. The minimum atomic E-state index is -2.22. The van der Waals surface area contributed by atoms with Crippen molar-refractivity contribution in [2.45, 2.75) is 58.8 Å². The van der Waals surface area contributed by atoms with Crippen LogP contribution < -0.4 is 10.2 Å². The van der Waals surface area contributed by atoms with Crippen LogP contribution in [0.15, 0.2) is 78.9 Å². The molecule has 1 saturated heterocycles. The number of piperidine rings is 1. The third-order valence-corrected chi connectivity index (χ3v) is 7.19. The Morgan fingerprint density at radius 2 is 1.79 bits per heavy atom. The lowest BCUT2D eigenvalue weighted by Gasteiger charge is -2.34. The predicted octanol–water partition coefficient (Wildman–Crippen LogP) is 8.93. The third-order valence-electron chi connectivity index (χ3n) is 7.19. The number of aryl methyl sites for hydroxylation is 1. The zero-order valence-corrected chi connectivity index (χ0v) is 24.2. The molecule has 9 heteroatoms. The van der Waals surface area contributed by atoms with Crippen LogP contribution in [0.2, 0.25) is 0 Å². The molecule has 5 rings (SSSR count). The van der Waals surface area contributed by atoms with Crippen molar-refractivity contribution in [3.05, 3.63) is 101 Å². The number of para-hydroxylation sites is 2. The highest BCUT2D eigenvalue weighted by Crippen LogP contribution is 2.30.